The Morgan fingerprint density at radius 1 is 1.52 bits per heavy atom. The fraction of sp³-hybridized carbons (Fsp3) is 0.500. The van der Waals surface area contributed by atoms with Gasteiger partial charge in [-0.3, -0.25) is 14.9 Å². The van der Waals surface area contributed by atoms with E-state index in [-0.39, 0.29) is 27.8 Å². The van der Waals surface area contributed by atoms with Crippen LogP contribution in [0.5, 0.6) is 0 Å². The van der Waals surface area contributed by atoms with Crippen molar-refractivity contribution in [2.24, 2.45) is 0 Å². The Kier molecular flexibility index (Phi) is 4.49. The van der Waals surface area contributed by atoms with E-state index in [4.69, 9.17) is 16.3 Å². The van der Waals surface area contributed by atoms with E-state index in [0.29, 0.717) is 13.1 Å². The van der Waals surface area contributed by atoms with Crippen molar-refractivity contribution in [2.45, 2.75) is 25.4 Å². The lowest BCUT2D eigenvalue weighted by Gasteiger charge is -2.39. The van der Waals surface area contributed by atoms with Crippen molar-refractivity contribution in [3.63, 3.8) is 0 Å². The first kappa shape index (κ1) is 15.7. The minimum absolute atomic E-state index is 0.144. The number of piperidine rings is 1. The number of amides is 1. The minimum Gasteiger partial charge on any atom is -0.377 e. The number of nitro benzene ring substituents is 1. The van der Waals surface area contributed by atoms with Crippen LogP contribution in [0, 0.1) is 10.1 Å². The van der Waals surface area contributed by atoms with Crippen LogP contribution in [0.3, 0.4) is 0 Å². The quantitative estimate of drug-likeness (QED) is 0.635. The maximum Gasteiger partial charge on any atom is 0.270 e. The number of carbonyl (C=O) groups is 1. The molecule has 7 heteroatoms. The summed E-state index contributed by atoms with van der Waals surface area (Å²) in [7, 11) is 1.62. The predicted octanol–water partition coefficient (Wildman–Crippen LogP) is 2.89. The van der Waals surface area contributed by atoms with Gasteiger partial charge in [0.05, 0.1) is 21.1 Å². The molecule has 0 radical (unpaired) electrons. The van der Waals surface area contributed by atoms with Crippen LogP contribution in [0.25, 0.3) is 0 Å². The molecule has 1 fully saturated rings. The maximum atomic E-state index is 12.6. The Balaban J connectivity index is 2.27. The zero-order valence-electron chi connectivity index (χ0n) is 12.0. The molecule has 1 aromatic rings. The first-order chi connectivity index (χ1) is 9.86. The average molecular weight is 313 g/mol. The molecule has 0 saturated carbocycles. The molecule has 0 spiro atoms. The fourth-order valence-corrected chi connectivity index (χ4v) is 2.71. The third-order valence-corrected chi connectivity index (χ3v) is 4.16. The Labute approximate surface area is 127 Å². The highest BCUT2D eigenvalue weighted by Gasteiger charge is 2.34. The van der Waals surface area contributed by atoms with E-state index in [1.165, 1.54) is 18.2 Å². The normalized spacial score (nSPS) is 22.1. The number of nitrogens with zero attached hydrogens (tertiary/aromatic N) is 2. The van der Waals surface area contributed by atoms with Crippen LogP contribution in [0.2, 0.25) is 5.02 Å². The van der Waals surface area contributed by atoms with Gasteiger partial charge >= 0.3 is 0 Å². The molecule has 1 heterocycles. The van der Waals surface area contributed by atoms with Crippen molar-refractivity contribution < 1.29 is 14.5 Å². The van der Waals surface area contributed by atoms with Gasteiger partial charge in [0, 0.05) is 32.3 Å². The number of ether oxygens (including phenoxy) is 1. The largest absolute Gasteiger partial charge is 0.377 e. The van der Waals surface area contributed by atoms with E-state index < -0.39 is 4.92 Å². The molecule has 0 aromatic heterocycles. The Bertz CT molecular complexity index is 578. The van der Waals surface area contributed by atoms with Gasteiger partial charge in [-0.25, -0.2) is 0 Å². The molecule has 1 amide bonds. The summed E-state index contributed by atoms with van der Waals surface area (Å²) in [6, 6.07) is 3.89. The zero-order valence-corrected chi connectivity index (χ0v) is 12.7. The molecule has 114 valence electrons. The molecule has 2 rings (SSSR count). The third kappa shape index (κ3) is 3.33. The van der Waals surface area contributed by atoms with Gasteiger partial charge in [-0.15, -0.1) is 0 Å². The average Bonchev–Trinajstić information content (AvgIpc) is 2.47. The zero-order chi connectivity index (χ0) is 15.6. The van der Waals surface area contributed by atoms with E-state index >= 15 is 0 Å². The van der Waals surface area contributed by atoms with Crippen LogP contribution in [0.15, 0.2) is 18.2 Å². The van der Waals surface area contributed by atoms with Crippen LogP contribution < -0.4 is 0 Å². The summed E-state index contributed by atoms with van der Waals surface area (Å²) >= 11 is 6.02. The number of non-ortho nitro benzene ring substituents is 1. The van der Waals surface area contributed by atoms with Crippen LogP contribution in [-0.2, 0) is 4.74 Å². The highest BCUT2D eigenvalue weighted by atomic mass is 35.5. The smallest absolute Gasteiger partial charge is 0.270 e. The summed E-state index contributed by atoms with van der Waals surface area (Å²) in [6.45, 7) is 2.99. The first-order valence-corrected chi connectivity index (χ1v) is 7.02. The third-order valence-electron chi connectivity index (χ3n) is 3.83. The van der Waals surface area contributed by atoms with Crippen molar-refractivity contribution in [1.29, 1.82) is 0 Å². The number of likely N-dealkylation sites (tertiary alicyclic amines) is 1. The predicted molar refractivity (Wildman–Crippen MR) is 78.7 cm³/mol. The SMILES string of the molecule is COC1(C)CCCN(C(=O)c2cc([N+](=O)[O-])ccc2Cl)C1. The van der Waals surface area contributed by atoms with Crippen molar-refractivity contribution in [2.75, 3.05) is 20.2 Å². The number of rotatable bonds is 3. The molecule has 6 nitrogen and oxygen atoms in total. The molecule has 1 aliphatic rings. The summed E-state index contributed by atoms with van der Waals surface area (Å²) in [5.74, 6) is -0.299. The van der Waals surface area contributed by atoms with E-state index in [1.54, 1.807) is 12.0 Å². The van der Waals surface area contributed by atoms with Gasteiger partial charge in [0.2, 0.25) is 0 Å². The second kappa shape index (κ2) is 5.99. The van der Waals surface area contributed by atoms with Crippen molar-refractivity contribution in [1.82, 2.24) is 4.90 Å². The first-order valence-electron chi connectivity index (χ1n) is 6.65. The summed E-state index contributed by atoms with van der Waals surface area (Å²) in [5, 5.41) is 11.0. The van der Waals surface area contributed by atoms with E-state index in [9.17, 15) is 14.9 Å². The Morgan fingerprint density at radius 2 is 2.24 bits per heavy atom. The molecule has 1 aromatic carbocycles. The summed E-state index contributed by atoms with van der Waals surface area (Å²) in [6.07, 6.45) is 1.69. The fourth-order valence-electron chi connectivity index (χ4n) is 2.51. The maximum absolute atomic E-state index is 12.6. The van der Waals surface area contributed by atoms with E-state index in [2.05, 4.69) is 0 Å². The lowest BCUT2D eigenvalue weighted by molar-refractivity contribution is -0.384. The Hall–Kier alpha value is -1.66. The molecule has 0 N–H and O–H groups in total. The van der Waals surface area contributed by atoms with Gasteiger partial charge < -0.3 is 9.64 Å². The van der Waals surface area contributed by atoms with Gasteiger partial charge in [-0.2, -0.15) is 0 Å². The second-order valence-electron chi connectivity index (χ2n) is 5.41. The molecule has 0 aliphatic carbocycles. The van der Waals surface area contributed by atoms with E-state index in [0.717, 1.165) is 12.8 Å². The van der Waals surface area contributed by atoms with Crippen molar-refractivity contribution in [3.8, 4) is 0 Å². The number of nitro groups is 1. The van der Waals surface area contributed by atoms with Crippen LogP contribution in [-0.4, -0.2) is 41.5 Å². The van der Waals surface area contributed by atoms with Crippen molar-refractivity contribution >= 4 is 23.2 Å². The molecule has 21 heavy (non-hydrogen) atoms. The van der Waals surface area contributed by atoms with Gasteiger partial charge in [-0.05, 0) is 25.8 Å². The number of carbonyl (C=O) groups excluding carboxylic acids is 1. The topological polar surface area (TPSA) is 72.7 Å². The highest BCUT2D eigenvalue weighted by Crippen LogP contribution is 2.28. The molecule has 0 bridgehead atoms. The standard InChI is InChI=1S/C14H17ClN2O4/c1-14(21-2)6-3-7-16(9-14)13(18)11-8-10(17(19)20)4-5-12(11)15/h4-5,8H,3,6-7,9H2,1-2H3. The number of methoxy groups -OCH3 is 1. The van der Waals surface area contributed by atoms with Crippen LogP contribution >= 0.6 is 11.6 Å². The van der Waals surface area contributed by atoms with Gasteiger partial charge in [0.15, 0.2) is 0 Å². The molecular weight excluding hydrogens is 296 g/mol. The summed E-state index contributed by atoms with van der Waals surface area (Å²) < 4.78 is 5.45. The monoisotopic (exact) mass is 312 g/mol. The van der Waals surface area contributed by atoms with Gasteiger partial charge in [0.1, 0.15) is 0 Å². The highest BCUT2D eigenvalue weighted by molar-refractivity contribution is 6.33. The number of halogens is 1. The molecule has 1 unspecified atom stereocenters. The second-order valence-corrected chi connectivity index (χ2v) is 5.81. The number of hydrogen-bond donors (Lipinski definition) is 0. The van der Waals surface area contributed by atoms with Crippen LogP contribution in [0.1, 0.15) is 30.1 Å². The number of benzene rings is 1. The summed E-state index contributed by atoms with van der Waals surface area (Å²) in [5.41, 5.74) is -0.373. The molecule has 1 saturated heterocycles. The lowest BCUT2D eigenvalue weighted by atomic mass is 9.94. The van der Waals surface area contributed by atoms with Gasteiger partial charge in [-0.1, -0.05) is 11.6 Å². The molecule has 1 aliphatic heterocycles. The van der Waals surface area contributed by atoms with Crippen LogP contribution in [0.4, 0.5) is 5.69 Å². The Morgan fingerprint density at radius 3 is 2.86 bits per heavy atom. The number of hydrogen-bond acceptors (Lipinski definition) is 4. The molecule has 1 atom stereocenters. The lowest BCUT2D eigenvalue weighted by Crippen LogP contribution is -2.49. The van der Waals surface area contributed by atoms with Gasteiger partial charge in [0.25, 0.3) is 11.6 Å². The molecular formula is C14H17ClN2O4. The minimum atomic E-state index is -0.539. The summed E-state index contributed by atoms with van der Waals surface area (Å²) in [4.78, 5) is 24.5. The van der Waals surface area contributed by atoms with Crippen molar-refractivity contribution in [3.05, 3.63) is 38.9 Å². The van der Waals surface area contributed by atoms with E-state index in [1.807, 2.05) is 6.92 Å².